The number of sulfonamides is 1. The lowest BCUT2D eigenvalue weighted by molar-refractivity contribution is -0.123. The molecule has 3 aromatic rings. The van der Waals surface area contributed by atoms with Crippen LogP contribution in [0.5, 0.6) is 0 Å². The summed E-state index contributed by atoms with van der Waals surface area (Å²) in [6.07, 6.45) is 1.04. The highest BCUT2D eigenvalue weighted by molar-refractivity contribution is 7.91. The first-order chi connectivity index (χ1) is 15.3. The molecule has 1 amide bonds. The Hall–Kier alpha value is -1.56. The van der Waals surface area contributed by atoms with Gasteiger partial charge in [0.25, 0.3) is 10.0 Å². The van der Waals surface area contributed by atoms with E-state index in [4.69, 9.17) is 4.98 Å². The molecule has 33 heavy (non-hydrogen) atoms. The summed E-state index contributed by atoms with van der Waals surface area (Å²) < 4.78 is 28.6. The van der Waals surface area contributed by atoms with Crippen LogP contribution < -0.4 is 4.90 Å². The second kappa shape index (κ2) is 10.8. The lowest BCUT2D eigenvalue weighted by Crippen LogP contribution is -2.45. The standard InChI is InChI=1S/C22H28N4O3S3.ClH/c1-16-6-4-7-18-20(16)23-22(31-18)26(14-13-24(2)3)21(27)17-9-11-25(12-10-17)32(28,29)19-8-5-15-30-19;/h4-8,15,17H,9-14H2,1-3H3;1H. The molecule has 0 atom stereocenters. The highest BCUT2D eigenvalue weighted by atomic mass is 35.5. The van der Waals surface area contributed by atoms with Crippen molar-refractivity contribution >= 4 is 66.4 Å². The maximum Gasteiger partial charge on any atom is 0.252 e. The molecule has 0 N–H and O–H groups in total. The number of halogens is 1. The van der Waals surface area contributed by atoms with Gasteiger partial charge in [-0.3, -0.25) is 9.69 Å². The monoisotopic (exact) mass is 528 g/mol. The van der Waals surface area contributed by atoms with Gasteiger partial charge in [-0.05, 0) is 56.9 Å². The Labute approximate surface area is 209 Å². The van der Waals surface area contributed by atoms with Gasteiger partial charge in [0.15, 0.2) is 5.13 Å². The van der Waals surface area contributed by atoms with Crippen molar-refractivity contribution in [2.45, 2.75) is 24.0 Å². The number of carbonyl (C=O) groups excluding carboxylic acids is 1. The van der Waals surface area contributed by atoms with Gasteiger partial charge in [-0.1, -0.05) is 29.5 Å². The van der Waals surface area contributed by atoms with Gasteiger partial charge in [0.05, 0.1) is 10.2 Å². The lowest BCUT2D eigenvalue weighted by Gasteiger charge is -2.33. The van der Waals surface area contributed by atoms with E-state index >= 15 is 0 Å². The first-order valence-electron chi connectivity index (χ1n) is 10.6. The Bertz CT molecular complexity index is 1190. The number of aryl methyl sites for hydroxylation is 1. The number of para-hydroxylation sites is 1. The Morgan fingerprint density at radius 1 is 1.15 bits per heavy atom. The largest absolute Gasteiger partial charge is 0.308 e. The number of hydrogen-bond donors (Lipinski definition) is 0. The molecule has 0 aliphatic carbocycles. The number of benzene rings is 1. The summed E-state index contributed by atoms with van der Waals surface area (Å²) in [7, 11) is 0.497. The minimum Gasteiger partial charge on any atom is -0.308 e. The molecule has 1 aliphatic rings. The molecule has 11 heteroatoms. The quantitative estimate of drug-likeness (QED) is 0.462. The van der Waals surface area contributed by atoms with Gasteiger partial charge in [0.1, 0.15) is 4.21 Å². The summed E-state index contributed by atoms with van der Waals surface area (Å²) in [5.41, 5.74) is 2.03. The summed E-state index contributed by atoms with van der Waals surface area (Å²) in [4.78, 5) is 22.2. The number of thiazole rings is 1. The fraction of sp³-hybridized carbons (Fsp3) is 0.455. The Morgan fingerprint density at radius 3 is 2.48 bits per heavy atom. The third-order valence-corrected chi connectivity index (χ3v) is 10.1. The molecule has 0 radical (unpaired) electrons. The molecule has 0 bridgehead atoms. The molecule has 4 rings (SSSR count). The topological polar surface area (TPSA) is 73.8 Å². The molecule has 7 nitrogen and oxygen atoms in total. The van der Waals surface area contributed by atoms with Gasteiger partial charge in [-0.15, -0.1) is 23.7 Å². The van der Waals surface area contributed by atoms with E-state index in [2.05, 4.69) is 4.90 Å². The van der Waals surface area contributed by atoms with E-state index in [0.717, 1.165) is 27.5 Å². The first-order valence-corrected chi connectivity index (χ1v) is 13.8. The maximum atomic E-state index is 13.6. The van der Waals surface area contributed by atoms with E-state index in [9.17, 15) is 13.2 Å². The second-order valence-electron chi connectivity index (χ2n) is 8.32. The van der Waals surface area contributed by atoms with Crippen LogP contribution in [0.25, 0.3) is 10.2 Å². The average molecular weight is 529 g/mol. The SMILES string of the molecule is Cc1cccc2sc(N(CCN(C)C)C(=O)C3CCN(S(=O)(=O)c4cccs4)CC3)nc12.Cl. The number of thiophene rings is 1. The molecule has 1 aromatic carbocycles. The smallest absolute Gasteiger partial charge is 0.252 e. The van der Waals surface area contributed by atoms with Gasteiger partial charge in [0, 0.05) is 32.1 Å². The second-order valence-corrected chi connectivity index (χ2v) is 12.4. The normalized spacial score (nSPS) is 15.6. The van der Waals surface area contributed by atoms with Crippen LogP contribution in [0.2, 0.25) is 0 Å². The van der Waals surface area contributed by atoms with E-state index in [0.29, 0.717) is 36.7 Å². The van der Waals surface area contributed by atoms with Gasteiger partial charge < -0.3 is 4.90 Å². The van der Waals surface area contributed by atoms with Crippen LogP contribution in [0.15, 0.2) is 39.9 Å². The van der Waals surface area contributed by atoms with Crippen molar-refractivity contribution in [3.63, 3.8) is 0 Å². The average Bonchev–Trinajstić information content (AvgIpc) is 3.45. The zero-order valence-corrected chi connectivity index (χ0v) is 22.2. The van der Waals surface area contributed by atoms with Crippen LogP contribution >= 0.6 is 35.1 Å². The number of carbonyl (C=O) groups is 1. The van der Waals surface area contributed by atoms with Crippen molar-refractivity contribution in [2.75, 3.05) is 45.2 Å². The lowest BCUT2D eigenvalue weighted by atomic mass is 9.96. The highest BCUT2D eigenvalue weighted by Gasteiger charge is 2.35. The van der Waals surface area contributed by atoms with Crippen molar-refractivity contribution in [3.05, 3.63) is 41.3 Å². The molecule has 0 unspecified atom stereocenters. The zero-order chi connectivity index (χ0) is 22.9. The predicted molar refractivity (Wildman–Crippen MR) is 138 cm³/mol. The molecule has 3 heterocycles. The zero-order valence-electron chi connectivity index (χ0n) is 18.9. The van der Waals surface area contributed by atoms with Gasteiger partial charge in [-0.25, -0.2) is 13.4 Å². The Kier molecular flexibility index (Phi) is 8.52. The van der Waals surface area contributed by atoms with E-state index in [1.54, 1.807) is 22.4 Å². The number of likely N-dealkylation sites (N-methyl/N-ethyl adjacent to an activating group) is 1. The number of anilines is 1. The number of rotatable bonds is 7. The molecule has 1 aliphatic heterocycles. The third-order valence-electron chi connectivity index (χ3n) is 5.77. The molecule has 1 saturated heterocycles. The van der Waals surface area contributed by atoms with E-state index in [1.165, 1.54) is 27.0 Å². The van der Waals surface area contributed by atoms with Crippen LogP contribution in [-0.2, 0) is 14.8 Å². The summed E-state index contributed by atoms with van der Waals surface area (Å²) in [5.74, 6) is -0.170. The molecule has 2 aromatic heterocycles. The summed E-state index contributed by atoms with van der Waals surface area (Å²) in [6, 6.07) is 9.45. The van der Waals surface area contributed by atoms with Gasteiger partial charge >= 0.3 is 0 Å². The van der Waals surface area contributed by atoms with E-state index < -0.39 is 10.0 Å². The van der Waals surface area contributed by atoms with Crippen molar-refractivity contribution in [2.24, 2.45) is 5.92 Å². The van der Waals surface area contributed by atoms with Crippen LogP contribution in [-0.4, -0.2) is 68.8 Å². The van der Waals surface area contributed by atoms with Gasteiger partial charge in [-0.2, -0.15) is 4.31 Å². The minimum atomic E-state index is -3.47. The van der Waals surface area contributed by atoms with Crippen LogP contribution in [0, 0.1) is 12.8 Å². The summed E-state index contributed by atoms with van der Waals surface area (Å²) >= 11 is 2.77. The fourth-order valence-electron chi connectivity index (χ4n) is 3.89. The van der Waals surface area contributed by atoms with Crippen molar-refractivity contribution in [3.8, 4) is 0 Å². The number of aromatic nitrogens is 1. The first kappa shape index (κ1) is 26.1. The van der Waals surface area contributed by atoms with Crippen molar-refractivity contribution < 1.29 is 13.2 Å². The number of nitrogens with zero attached hydrogens (tertiary/aromatic N) is 4. The molecular formula is C22H29ClN4O3S3. The summed E-state index contributed by atoms with van der Waals surface area (Å²) in [6.45, 7) is 4.03. The molecule has 0 spiro atoms. The molecule has 0 saturated carbocycles. The van der Waals surface area contributed by atoms with E-state index in [-0.39, 0.29) is 24.2 Å². The van der Waals surface area contributed by atoms with Crippen molar-refractivity contribution in [1.29, 1.82) is 0 Å². The molecular weight excluding hydrogens is 500 g/mol. The Balaban J connectivity index is 0.00000306. The third kappa shape index (κ3) is 5.58. The number of hydrogen-bond acceptors (Lipinski definition) is 7. The summed E-state index contributed by atoms with van der Waals surface area (Å²) in [5, 5.41) is 2.49. The van der Waals surface area contributed by atoms with E-state index in [1.807, 2.05) is 39.2 Å². The number of piperidine rings is 1. The van der Waals surface area contributed by atoms with Gasteiger partial charge in [0.2, 0.25) is 5.91 Å². The Morgan fingerprint density at radius 2 is 1.88 bits per heavy atom. The van der Waals surface area contributed by atoms with Crippen LogP contribution in [0.4, 0.5) is 5.13 Å². The highest BCUT2D eigenvalue weighted by Crippen LogP contribution is 2.33. The number of fused-ring (bicyclic) bond motifs is 1. The van der Waals surface area contributed by atoms with Crippen molar-refractivity contribution in [1.82, 2.24) is 14.2 Å². The molecule has 180 valence electrons. The minimum absolute atomic E-state index is 0. The predicted octanol–water partition coefficient (Wildman–Crippen LogP) is 4.08. The number of amides is 1. The maximum absolute atomic E-state index is 13.6. The fourth-order valence-corrected chi connectivity index (χ4v) is 7.58. The van der Waals surface area contributed by atoms with Crippen LogP contribution in [0.3, 0.4) is 0 Å². The van der Waals surface area contributed by atoms with Crippen LogP contribution in [0.1, 0.15) is 18.4 Å². The molecule has 1 fully saturated rings.